The summed E-state index contributed by atoms with van der Waals surface area (Å²) in [7, 11) is -16.5. The molecule has 1 fully saturated rings. The molecule has 10 N–H and O–H groups in total. The van der Waals surface area contributed by atoms with Crippen molar-refractivity contribution < 1.29 is 89.3 Å². The largest absolute Gasteiger partial charge is 0.481 e. The summed E-state index contributed by atoms with van der Waals surface area (Å²) < 4.78 is 91.0. The van der Waals surface area contributed by atoms with Gasteiger partial charge in [0.05, 0.1) is 25.3 Å². The van der Waals surface area contributed by atoms with Crippen molar-refractivity contribution in [1.82, 2.24) is 30.2 Å². The number of aliphatic hydroxyl groups excluding tert-OH is 2. The number of alkyl halides is 2. The van der Waals surface area contributed by atoms with Crippen LogP contribution in [0, 0.1) is 5.41 Å². The zero-order chi connectivity index (χ0) is 50.1. The maximum absolute atomic E-state index is 14.4. The van der Waals surface area contributed by atoms with Crippen LogP contribution in [0.2, 0.25) is 0 Å². The number of thioether (sulfide) groups is 1. The molecule has 1 aliphatic heterocycles. The van der Waals surface area contributed by atoms with E-state index in [1.807, 2.05) is 0 Å². The van der Waals surface area contributed by atoms with Crippen molar-refractivity contribution in [3.05, 3.63) is 12.7 Å². The Morgan fingerprint density at radius 3 is 2.15 bits per heavy atom. The number of ketones is 1. The first kappa shape index (κ1) is 58.7. The third-order valence-corrected chi connectivity index (χ3v) is 14.5. The molecule has 0 saturated carbocycles. The summed E-state index contributed by atoms with van der Waals surface area (Å²) in [5.41, 5.74) is 4.19. The van der Waals surface area contributed by atoms with Crippen molar-refractivity contribution in [2.45, 2.75) is 141 Å². The number of unbranched alkanes of at least 4 members (excludes halogenated alkanes) is 10. The first-order chi connectivity index (χ1) is 31.3. The van der Waals surface area contributed by atoms with E-state index in [-0.39, 0.29) is 48.7 Å². The zero-order valence-electron chi connectivity index (χ0n) is 37.5. The molecule has 0 radical (unpaired) electrons. The van der Waals surface area contributed by atoms with Crippen LogP contribution < -0.4 is 16.4 Å². The highest BCUT2D eigenvalue weighted by Crippen LogP contribution is 2.61. The Hall–Kier alpha value is -2.58. The second-order valence-corrected chi connectivity index (χ2v) is 21.9. The average molecular weight is 1040 g/mol. The lowest BCUT2D eigenvalue weighted by Gasteiger charge is -2.30. The fourth-order valence-corrected chi connectivity index (χ4v) is 10.3. The average Bonchev–Trinajstić information content (AvgIpc) is 3.80. The van der Waals surface area contributed by atoms with Crippen molar-refractivity contribution in [3.63, 3.8) is 0 Å². The quantitative estimate of drug-likeness (QED) is 0.0353. The van der Waals surface area contributed by atoms with Gasteiger partial charge < -0.3 is 50.9 Å². The number of Topliss-reactive ketones (excluding diaryl/α,β-unsaturated/α-hetero) is 1. The molecule has 2 aromatic rings. The molecule has 67 heavy (non-hydrogen) atoms. The first-order valence-corrected chi connectivity index (χ1v) is 27.3. The highest BCUT2D eigenvalue weighted by atomic mass is 32.2. The molecule has 24 nitrogen and oxygen atoms in total. The number of carbonyl (C=O) groups is 3. The fourth-order valence-electron chi connectivity index (χ4n) is 6.62. The Labute approximate surface area is 390 Å². The van der Waals surface area contributed by atoms with E-state index >= 15 is 0 Å². The van der Waals surface area contributed by atoms with Crippen molar-refractivity contribution in [2.24, 2.45) is 5.41 Å². The van der Waals surface area contributed by atoms with Crippen LogP contribution in [0.15, 0.2) is 12.7 Å². The third-order valence-electron chi connectivity index (χ3n) is 10.3. The number of rotatable bonds is 34. The lowest BCUT2D eigenvalue weighted by molar-refractivity contribution is -0.140. The third kappa shape index (κ3) is 20.4. The van der Waals surface area contributed by atoms with Crippen molar-refractivity contribution in [2.75, 3.05) is 43.5 Å². The number of aliphatic hydroxyl groups is 2. The number of aromatic nitrogens is 4. The standard InChI is InChI=1S/C37H64F2N7O17P3S/c1-4-5-6-7-8-9-10-11-12-13-14-15-26(47)37(38,39)22-67-19-18-41-27(48)16-17-42-34(51)31(50)36(2,3)21-60-66(57,58)63-65(55,56)59-20-25-30(62-64(52,53)54)29(49)35(61-25)46-24-45-28-32(40)43-23-44-33(28)46/h23-25,29-31,35,49-50H,4-22H2,1-3H3,(H,41,48)(H,42,51)(H,55,56)(H,57,58)(H2,40,43,44)(H2,52,53,54)/t25-,29-,30-,31+,35-/m1/s1. The van der Waals surface area contributed by atoms with Crippen LogP contribution in [0.3, 0.4) is 0 Å². The van der Waals surface area contributed by atoms with Gasteiger partial charge in [-0.2, -0.15) is 24.9 Å². The van der Waals surface area contributed by atoms with Gasteiger partial charge in [-0.3, -0.25) is 32.5 Å². The predicted octanol–water partition coefficient (Wildman–Crippen LogP) is 4.04. The Bertz CT molecular complexity index is 2050. The van der Waals surface area contributed by atoms with Crippen LogP contribution in [-0.4, -0.2) is 135 Å². The number of phosphoric ester groups is 3. The van der Waals surface area contributed by atoms with Crippen LogP contribution in [0.25, 0.3) is 11.2 Å². The zero-order valence-corrected chi connectivity index (χ0v) is 41.0. The number of phosphoric acid groups is 3. The maximum atomic E-state index is 14.4. The van der Waals surface area contributed by atoms with Gasteiger partial charge >= 0.3 is 29.4 Å². The molecule has 3 heterocycles. The van der Waals surface area contributed by atoms with Crippen molar-refractivity contribution >= 4 is 69.8 Å². The summed E-state index contributed by atoms with van der Waals surface area (Å²) in [5, 5.41) is 26.3. The molecule has 2 amide bonds. The Balaban J connectivity index is 1.35. The molecule has 1 aliphatic rings. The summed E-state index contributed by atoms with van der Waals surface area (Å²) in [5.74, 6) is -6.86. The summed E-state index contributed by atoms with van der Waals surface area (Å²) in [6, 6.07) is 0. The molecule has 0 aromatic carbocycles. The minimum atomic E-state index is -5.61. The number of hydrogen-bond acceptors (Lipinski definition) is 18. The van der Waals surface area contributed by atoms with E-state index in [1.165, 1.54) is 52.4 Å². The number of fused-ring (bicyclic) bond motifs is 1. The molecular formula is C37H64F2N7O17P3S. The highest BCUT2D eigenvalue weighted by molar-refractivity contribution is 7.99. The van der Waals surface area contributed by atoms with E-state index in [0.717, 1.165) is 54.7 Å². The Kier molecular flexibility index (Phi) is 23.8. The molecule has 0 aliphatic carbocycles. The number of carbonyl (C=O) groups excluding carboxylic acids is 3. The summed E-state index contributed by atoms with van der Waals surface area (Å²) in [4.78, 5) is 88.1. The number of nitrogens with one attached hydrogen (secondary N) is 2. The predicted molar refractivity (Wildman–Crippen MR) is 238 cm³/mol. The molecule has 1 saturated heterocycles. The maximum Gasteiger partial charge on any atom is 0.481 e. The number of hydrogen-bond donors (Lipinski definition) is 9. The van der Waals surface area contributed by atoms with Gasteiger partial charge in [0.15, 0.2) is 17.7 Å². The number of nitrogen functional groups attached to an aromatic ring is 1. The van der Waals surface area contributed by atoms with Gasteiger partial charge in [0.25, 0.3) is 0 Å². The number of amides is 2. The fraction of sp³-hybridized carbons (Fsp3) is 0.784. The van der Waals surface area contributed by atoms with E-state index in [1.54, 1.807) is 0 Å². The molecule has 384 valence electrons. The molecule has 0 spiro atoms. The molecule has 30 heteroatoms. The van der Waals surface area contributed by atoms with Crippen molar-refractivity contribution in [3.8, 4) is 0 Å². The lowest BCUT2D eigenvalue weighted by Crippen LogP contribution is -2.46. The normalized spacial score (nSPS) is 20.3. The van der Waals surface area contributed by atoms with Gasteiger partial charge in [-0.15, -0.1) is 0 Å². The second kappa shape index (κ2) is 27.1. The second-order valence-electron chi connectivity index (χ2n) is 16.5. The Morgan fingerprint density at radius 2 is 1.52 bits per heavy atom. The van der Waals surface area contributed by atoms with Gasteiger partial charge in [0.2, 0.25) is 17.6 Å². The van der Waals surface area contributed by atoms with Crippen LogP contribution in [0.5, 0.6) is 0 Å². The van der Waals surface area contributed by atoms with E-state index < -0.39 is 102 Å². The highest BCUT2D eigenvalue weighted by Gasteiger charge is 2.50. The number of imidazole rings is 1. The van der Waals surface area contributed by atoms with Gasteiger partial charge in [0, 0.05) is 37.1 Å². The van der Waals surface area contributed by atoms with E-state index in [9.17, 15) is 66.6 Å². The molecule has 2 aromatic heterocycles. The van der Waals surface area contributed by atoms with Crippen LogP contribution in [0.4, 0.5) is 14.6 Å². The van der Waals surface area contributed by atoms with E-state index in [0.29, 0.717) is 6.42 Å². The molecule has 2 unspecified atom stereocenters. The van der Waals surface area contributed by atoms with E-state index in [2.05, 4.69) is 41.3 Å². The molecule has 7 atom stereocenters. The molecule has 0 bridgehead atoms. The SMILES string of the molecule is CCCCCCCCCCCCCC(=O)C(F)(F)CSCCNC(=O)CCNC(=O)[C@H](O)C(C)(C)COP(=O)(O)OP(=O)(O)OC[C@H]1O[C@@H](n2cnc3c(N)ncnc32)[C@H](O)[C@@H]1OP(=O)(O)O. The minimum Gasteiger partial charge on any atom is -0.386 e. The summed E-state index contributed by atoms with van der Waals surface area (Å²) in [6.07, 6.45) is 4.15. The van der Waals surface area contributed by atoms with E-state index in [4.69, 9.17) is 19.5 Å². The molecular weight excluding hydrogens is 977 g/mol. The van der Waals surface area contributed by atoms with Crippen LogP contribution >= 0.6 is 35.2 Å². The molecule has 3 rings (SSSR count). The van der Waals surface area contributed by atoms with Gasteiger partial charge in [-0.1, -0.05) is 85.0 Å². The summed E-state index contributed by atoms with van der Waals surface area (Å²) >= 11 is 0.810. The van der Waals surface area contributed by atoms with Crippen LogP contribution in [-0.2, 0) is 50.7 Å². The summed E-state index contributed by atoms with van der Waals surface area (Å²) in [6.45, 7) is 2.25. The number of ether oxygens (including phenoxy) is 1. The number of nitrogens with two attached hydrogens (primary N) is 1. The van der Waals surface area contributed by atoms with Gasteiger partial charge in [-0.05, 0) is 6.42 Å². The monoisotopic (exact) mass is 1040 g/mol. The number of nitrogens with zero attached hydrogens (tertiary/aromatic N) is 4. The number of anilines is 1. The topological polar surface area (TPSA) is 364 Å². The van der Waals surface area contributed by atoms with Crippen LogP contribution in [0.1, 0.15) is 110 Å². The van der Waals surface area contributed by atoms with Gasteiger partial charge in [0.1, 0.15) is 36.3 Å². The Morgan fingerprint density at radius 1 is 0.910 bits per heavy atom. The van der Waals surface area contributed by atoms with Crippen molar-refractivity contribution in [1.29, 1.82) is 0 Å². The smallest absolute Gasteiger partial charge is 0.386 e. The first-order valence-electron chi connectivity index (χ1n) is 21.7. The number of halogens is 2. The lowest BCUT2D eigenvalue weighted by atomic mass is 9.87. The van der Waals surface area contributed by atoms with Gasteiger partial charge in [-0.25, -0.2) is 28.6 Å². The minimum absolute atomic E-state index is 0.00224.